The zero-order valence-corrected chi connectivity index (χ0v) is 8.35. The molecule has 1 aromatic carbocycles. The summed E-state index contributed by atoms with van der Waals surface area (Å²) in [6.45, 7) is 1.64. The quantitative estimate of drug-likeness (QED) is 0.706. The third-order valence-corrected chi connectivity index (χ3v) is 2.44. The first-order chi connectivity index (χ1) is 7.38. The number of nitrogens with one attached hydrogen (secondary N) is 2. The fourth-order valence-corrected chi connectivity index (χ4v) is 1.64. The highest BCUT2D eigenvalue weighted by molar-refractivity contribution is 5.92. The Labute approximate surface area is 89.6 Å². The van der Waals surface area contributed by atoms with Gasteiger partial charge in [-0.15, -0.1) is 0 Å². The Kier molecular flexibility index (Phi) is 2.29. The average molecular weight is 230 g/mol. The molecule has 1 atom stereocenters. The Balaban J connectivity index is 2.46. The van der Waals surface area contributed by atoms with E-state index in [0.29, 0.717) is 11.3 Å². The molecule has 2 N–H and O–H groups in total. The van der Waals surface area contributed by atoms with Gasteiger partial charge < -0.3 is 10.6 Å². The maximum Gasteiger partial charge on any atom is 0.416 e. The molecule has 3 nitrogen and oxygen atoms in total. The zero-order chi connectivity index (χ0) is 11.9. The van der Waals surface area contributed by atoms with E-state index in [1.165, 1.54) is 6.07 Å². The van der Waals surface area contributed by atoms with Gasteiger partial charge in [-0.2, -0.15) is 13.2 Å². The van der Waals surface area contributed by atoms with Gasteiger partial charge in [-0.05, 0) is 30.7 Å². The van der Waals surface area contributed by atoms with E-state index in [0.717, 1.165) is 12.1 Å². The maximum atomic E-state index is 12.5. The van der Waals surface area contributed by atoms with E-state index in [2.05, 4.69) is 10.6 Å². The lowest BCUT2D eigenvalue weighted by Gasteiger charge is -2.25. The standard InChI is InChI=1S/C10H9F3N2O/c1-5-7-4-6(10(11,12)13)2-3-8(7)15-9(16)14-5/h2-5H,1H3,(H2,14,15,16). The van der Waals surface area contributed by atoms with Gasteiger partial charge in [0.1, 0.15) is 0 Å². The van der Waals surface area contributed by atoms with Crippen LogP contribution in [-0.4, -0.2) is 6.03 Å². The number of alkyl halides is 3. The summed E-state index contributed by atoms with van der Waals surface area (Å²) in [5.74, 6) is 0. The van der Waals surface area contributed by atoms with E-state index in [4.69, 9.17) is 0 Å². The van der Waals surface area contributed by atoms with Crippen LogP contribution >= 0.6 is 0 Å². The van der Waals surface area contributed by atoms with Crippen molar-refractivity contribution >= 4 is 11.7 Å². The third kappa shape index (κ3) is 1.82. The van der Waals surface area contributed by atoms with E-state index in [1.807, 2.05) is 0 Å². The number of carbonyl (C=O) groups excluding carboxylic acids is 1. The fourth-order valence-electron chi connectivity index (χ4n) is 1.64. The number of fused-ring (bicyclic) bond motifs is 1. The molecule has 1 aliphatic heterocycles. The van der Waals surface area contributed by atoms with Crippen molar-refractivity contribution in [3.63, 3.8) is 0 Å². The molecule has 0 bridgehead atoms. The number of hydrogen-bond donors (Lipinski definition) is 2. The van der Waals surface area contributed by atoms with Gasteiger partial charge in [0, 0.05) is 5.69 Å². The number of rotatable bonds is 0. The molecular formula is C10H9F3N2O. The molecule has 1 aromatic rings. The molecule has 2 rings (SSSR count). The molecule has 1 aliphatic rings. The van der Waals surface area contributed by atoms with Crippen molar-refractivity contribution in [3.8, 4) is 0 Å². The number of benzene rings is 1. The molecule has 0 spiro atoms. The molecular weight excluding hydrogens is 221 g/mol. The van der Waals surface area contributed by atoms with Crippen LogP contribution in [0.1, 0.15) is 24.1 Å². The SMILES string of the molecule is CC1NC(=O)Nc2ccc(C(F)(F)F)cc21. The van der Waals surface area contributed by atoms with Crippen LogP contribution in [0.25, 0.3) is 0 Å². The summed E-state index contributed by atoms with van der Waals surface area (Å²) in [6.07, 6.45) is -4.36. The van der Waals surface area contributed by atoms with Gasteiger partial charge in [0.2, 0.25) is 0 Å². The summed E-state index contributed by atoms with van der Waals surface area (Å²) in [7, 11) is 0. The van der Waals surface area contributed by atoms with Crippen molar-refractivity contribution in [1.29, 1.82) is 0 Å². The average Bonchev–Trinajstić information content (AvgIpc) is 2.15. The van der Waals surface area contributed by atoms with Gasteiger partial charge in [-0.3, -0.25) is 0 Å². The van der Waals surface area contributed by atoms with E-state index < -0.39 is 23.8 Å². The predicted molar refractivity (Wildman–Crippen MR) is 52.0 cm³/mol. The third-order valence-electron chi connectivity index (χ3n) is 2.44. The smallest absolute Gasteiger partial charge is 0.331 e. The molecule has 6 heteroatoms. The first-order valence-corrected chi connectivity index (χ1v) is 4.66. The lowest BCUT2D eigenvalue weighted by Crippen LogP contribution is -2.36. The highest BCUT2D eigenvalue weighted by Crippen LogP contribution is 2.34. The van der Waals surface area contributed by atoms with Crippen LogP contribution in [0.15, 0.2) is 18.2 Å². The molecule has 0 aliphatic carbocycles. The summed E-state index contributed by atoms with van der Waals surface area (Å²) in [4.78, 5) is 11.1. The van der Waals surface area contributed by atoms with Gasteiger partial charge >= 0.3 is 12.2 Å². The largest absolute Gasteiger partial charge is 0.416 e. The summed E-state index contributed by atoms with van der Waals surface area (Å²) < 4.78 is 37.4. The molecule has 0 saturated carbocycles. The topological polar surface area (TPSA) is 41.1 Å². The first-order valence-electron chi connectivity index (χ1n) is 4.66. The van der Waals surface area contributed by atoms with Crippen LogP contribution in [0, 0.1) is 0 Å². The molecule has 0 saturated heterocycles. The molecule has 0 fully saturated rings. The molecule has 2 amide bonds. The second-order valence-corrected chi connectivity index (χ2v) is 3.62. The fraction of sp³-hybridized carbons (Fsp3) is 0.300. The number of hydrogen-bond acceptors (Lipinski definition) is 1. The van der Waals surface area contributed by atoms with Crippen molar-refractivity contribution in [2.45, 2.75) is 19.1 Å². The van der Waals surface area contributed by atoms with Crippen LogP contribution in [-0.2, 0) is 6.18 Å². The number of urea groups is 1. The van der Waals surface area contributed by atoms with E-state index >= 15 is 0 Å². The summed E-state index contributed by atoms with van der Waals surface area (Å²) in [5.41, 5.74) is 0.148. The molecule has 1 heterocycles. The van der Waals surface area contributed by atoms with E-state index in [-0.39, 0.29) is 0 Å². The summed E-state index contributed by atoms with van der Waals surface area (Å²) in [6, 6.07) is 2.45. The minimum absolute atomic E-state index is 0.403. The summed E-state index contributed by atoms with van der Waals surface area (Å²) >= 11 is 0. The molecule has 1 unspecified atom stereocenters. The Morgan fingerprint density at radius 3 is 2.62 bits per heavy atom. The Bertz CT molecular complexity index is 442. The van der Waals surface area contributed by atoms with E-state index in [1.54, 1.807) is 6.92 Å². The molecule has 0 aromatic heterocycles. The molecule has 16 heavy (non-hydrogen) atoms. The summed E-state index contributed by atoms with van der Waals surface area (Å²) in [5, 5.41) is 4.95. The number of carbonyl (C=O) groups is 1. The highest BCUT2D eigenvalue weighted by Gasteiger charge is 2.32. The van der Waals surface area contributed by atoms with Gasteiger partial charge in [-0.25, -0.2) is 4.79 Å². The predicted octanol–water partition coefficient (Wildman–Crippen LogP) is 2.90. The lowest BCUT2D eigenvalue weighted by molar-refractivity contribution is -0.137. The Morgan fingerprint density at radius 1 is 1.31 bits per heavy atom. The highest BCUT2D eigenvalue weighted by atomic mass is 19.4. The normalized spacial score (nSPS) is 19.8. The van der Waals surface area contributed by atoms with Gasteiger partial charge in [-0.1, -0.05) is 0 Å². The van der Waals surface area contributed by atoms with Crippen molar-refractivity contribution < 1.29 is 18.0 Å². The lowest BCUT2D eigenvalue weighted by atomic mass is 10.0. The van der Waals surface area contributed by atoms with Gasteiger partial charge in [0.05, 0.1) is 11.6 Å². The van der Waals surface area contributed by atoms with Crippen molar-refractivity contribution in [2.75, 3.05) is 5.32 Å². The maximum absolute atomic E-state index is 12.5. The second-order valence-electron chi connectivity index (χ2n) is 3.62. The van der Waals surface area contributed by atoms with Crippen LogP contribution in [0.2, 0.25) is 0 Å². The molecule has 86 valence electrons. The monoisotopic (exact) mass is 230 g/mol. The van der Waals surface area contributed by atoms with Crippen LogP contribution in [0.5, 0.6) is 0 Å². The Hall–Kier alpha value is -1.72. The van der Waals surface area contributed by atoms with E-state index in [9.17, 15) is 18.0 Å². The number of amides is 2. The van der Waals surface area contributed by atoms with Crippen molar-refractivity contribution in [1.82, 2.24) is 5.32 Å². The van der Waals surface area contributed by atoms with Crippen molar-refractivity contribution in [3.05, 3.63) is 29.3 Å². The van der Waals surface area contributed by atoms with Crippen LogP contribution in [0.4, 0.5) is 23.7 Å². The number of anilines is 1. The minimum Gasteiger partial charge on any atom is -0.331 e. The first kappa shape index (κ1) is 10.8. The Morgan fingerprint density at radius 2 is 2.00 bits per heavy atom. The second kappa shape index (κ2) is 3.40. The number of halogens is 3. The van der Waals surface area contributed by atoms with Crippen molar-refractivity contribution in [2.24, 2.45) is 0 Å². The van der Waals surface area contributed by atoms with Crippen LogP contribution in [0.3, 0.4) is 0 Å². The minimum atomic E-state index is -4.36. The van der Waals surface area contributed by atoms with Gasteiger partial charge in [0.25, 0.3) is 0 Å². The van der Waals surface area contributed by atoms with Crippen LogP contribution < -0.4 is 10.6 Å². The van der Waals surface area contributed by atoms with Gasteiger partial charge in [0.15, 0.2) is 0 Å². The molecule has 0 radical (unpaired) electrons. The zero-order valence-electron chi connectivity index (χ0n) is 8.35.